The molecule has 0 saturated carbocycles. The van der Waals surface area contributed by atoms with Crippen molar-refractivity contribution in [1.29, 1.82) is 0 Å². The Morgan fingerprint density at radius 2 is 1.89 bits per heavy atom. The van der Waals surface area contributed by atoms with E-state index in [2.05, 4.69) is 18.3 Å². The van der Waals surface area contributed by atoms with Gasteiger partial charge in [-0.05, 0) is 42.4 Å². The summed E-state index contributed by atoms with van der Waals surface area (Å²) in [6.45, 7) is 3.76. The average molecular weight is 296 g/mol. The van der Waals surface area contributed by atoms with E-state index in [1.54, 1.807) is 23.9 Å². The molecule has 0 aliphatic heterocycles. The van der Waals surface area contributed by atoms with Crippen LogP contribution < -0.4 is 5.32 Å². The third kappa shape index (κ3) is 3.96. The van der Waals surface area contributed by atoms with Crippen LogP contribution in [0, 0.1) is 5.82 Å². The monoisotopic (exact) mass is 295 g/mol. The molecule has 0 aliphatic rings. The molecule has 0 saturated heterocycles. The van der Waals surface area contributed by atoms with Crippen molar-refractivity contribution in [3.8, 4) is 0 Å². The van der Waals surface area contributed by atoms with Gasteiger partial charge in [0.25, 0.3) is 0 Å². The molecular weight excluding hydrogens is 281 g/mol. The second-order valence-electron chi connectivity index (χ2n) is 4.06. The van der Waals surface area contributed by atoms with Gasteiger partial charge in [-0.2, -0.15) is 0 Å². The first kappa shape index (κ1) is 14.4. The van der Waals surface area contributed by atoms with Crippen LogP contribution in [0.15, 0.2) is 52.3 Å². The lowest BCUT2D eigenvalue weighted by atomic mass is 10.2. The Labute approximate surface area is 122 Å². The molecule has 0 radical (unpaired) electrons. The van der Waals surface area contributed by atoms with Crippen molar-refractivity contribution in [3.63, 3.8) is 0 Å². The Morgan fingerprint density at radius 3 is 2.58 bits per heavy atom. The van der Waals surface area contributed by atoms with Gasteiger partial charge in [-0.3, -0.25) is 0 Å². The fourth-order valence-corrected chi connectivity index (χ4v) is 2.94. The third-order valence-corrected chi connectivity index (χ3v) is 4.27. The van der Waals surface area contributed by atoms with Gasteiger partial charge in [0.1, 0.15) is 5.82 Å². The molecule has 0 amide bonds. The van der Waals surface area contributed by atoms with Crippen molar-refractivity contribution in [1.82, 2.24) is 5.32 Å². The molecule has 1 N–H and O–H groups in total. The summed E-state index contributed by atoms with van der Waals surface area (Å²) in [6.07, 6.45) is 0. The topological polar surface area (TPSA) is 12.0 Å². The lowest BCUT2D eigenvalue weighted by molar-refractivity contribution is 0.626. The zero-order valence-electron chi connectivity index (χ0n) is 10.6. The highest BCUT2D eigenvalue weighted by atomic mass is 35.5. The molecule has 0 bridgehead atoms. The lowest BCUT2D eigenvalue weighted by Gasteiger charge is -2.11. The maximum atomic E-state index is 12.9. The van der Waals surface area contributed by atoms with Gasteiger partial charge in [-0.1, -0.05) is 42.4 Å². The highest BCUT2D eigenvalue weighted by molar-refractivity contribution is 7.99. The number of benzene rings is 2. The van der Waals surface area contributed by atoms with Gasteiger partial charge < -0.3 is 5.32 Å². The number of halogens is 2. The van der Waals surface area contributed by atoms with Crippen LogP contribution in [0.3, 0.4) is 0 Å². The summed E-state index contributed by atoms with van der Waals surface area (Å²) in [5, 5.41) is 4.02. The molecule has 0 spiro atoms. The summed E-state index contributed by atoms with van der Waals surface area (Å²) in [5.74, 6) is -0.226. The maximum Gasteiger partial charge on any atom is 0.123 e. The van der Waals surface area contributed by atoms with Gasteiger partial charge in [-0.15, -0.1) is 0 Å². The minimum atomic E-state index is -0.226. The largest absolute Gasteiger partial charge is 0.313 e. The molecule has 0 fully saturated rings. The van der Waals surface area contributed by atoms with Crippen LogP contribution in [0.25, 0.3) is 0 Å². The SMILES string of the molecule is CCNCc1cccc(Cl)c1Sc1ccc(F)cc1. The lowest BCUT2D eigenvalue weighted by Crippen LogP contribution is -2.12. The van der Waals surface area contributed by atoms with E-state index >= 15 is 0 Å². The second kappa shape index (κ2) is 6.94. The Balaban J connectivity index is 2.25. The summed E-state index contributed by atoms with van der Waals surface area (Å²) < 4.78 is 12.9. The van der Waals surface area contributed by atoms with E-state index in [0.29, 0.717) is 0 Å². The van der Waals surface area contributed by atoms with E-state index in [0.717, 1.165) is 33.5 Å². The third-order valence-electron chi connectivity index (χ3n) is 2.65. The molecule has 19 heavy (non-hydrogen) atoms. The molecule has 0 aromatic heterocycles. The van der Waals surface area contributed by atoms with Crippen LogP contribution >= 0.6 is 23.4 Å². The highest BCUT2D eigenvalue weighted by Gasteiger charge is 2.08. The van der Waals surface area contributed by atoms with Crippen LogP contribution in [0.2, 0.25) is 5.02 Å². The summed E-state index contributed by atoms with van der Waals surface area (Å²) in [6, 6.07) is 12.3. The van der Waals surface area contributed by atoms with Gasteiger partial charge in [0, 0.05) is 16.3 Å². The van der Waals surface area contributed by atoms with Crippen molar-refractivity contribution in [2.75, 3.05) is 6.54 Å². The van der Waals surface area contributed by atoms with Crippen molar-refractivity contribution >= 4 is 23.4 Å². The fourth-order valence-electron chi connectivity index (χ4n) is 1.69. The van der Waals surface area contributed by atoms with E-state index in [-0.39, 0.29) is 5.82 Å². The van der Waals surface area contributed by atoms with Gasteiger partial charge in [-0.25, -0.2) is 4.39 Å². The summed E-state index contributed by atoms with van der Waals surface area (Å²) in [7, 11) is 0. The highest BCUT2D eigenvalue weighted by Crippen LogP contribution is 2.36. The molecular formula is C15H15ClFNS. The fraction of sp³-hybridized carbons (Fsp3) is 0.200. The normalized spacial score (nSPS) is 10.7. The minimum Gasteiger partial charge on any atom is -0.313 e. The Morgan fingerprint density at radius 1 is 1.16 bits per heavy atom. The number of nitrogens with one attached hydrogen (secondary N) is 1. The van der Waals surface area contributed by atoms with Crippen LogP contribution in [0.1, 0.15) is 12.5 Å². The molecule has 1 nitrogen and oxygen atoms in total. The molecule has 100 valence electrons. The van der Waals surface area contributed by atoms with E-state index in [9.17, 15) is 4.39 Å². The summed E-state index contributed by atoms with van der Waals surface area (Å²) in [5.41, 5.74) is 1.16. The van der Waals surface area contributed by atoms with Crippen LogP contribution in [0.5, 0.6) is 0 Å². The quantitative estimate of drug-likeness (QED) is 0.855. The second-order valence-corrected chi connectivity index (χ2v) is 5.56. The van der Waals surface area contributed by atoms with E-state index in [1.165, 1.54) is 12.1 Å². The van der Waals surface area contributed by atoms with E-state index in [1.807, 2.05) is 12.1 Å². The Kier molecular flexibility index (Phi) is 5.25. The molecule has 2 rings (SSSR count). The van der Waals surface area contributed by atoms with E-state index < -0.39 is 0 Å². The van der Waals surface area contributed by atoms with Crippen LogP contribution in [-0.2, 0) is 6.54 Å². The van der Waals surface area contributed by atoms with Gasteiger partial charge in [0.15, 0.2) is 0 Å². The van der Waals surface area contributed by atoms with Crippen molar-refractivity contribution < 1.29 is 4.39 Å². The van der Waals surface area contributed by atoms with Crippen molar-refractivity contribution in [2.45, 2.75) is 23.3 Å². The molecule has 2 aromatic carbocycles. The molecule has 0 heterocycles. The molecule has 0 unspecified atom stereocenters. The maximum absolute atomic E-state index is 12.9. The number of hydrogen-bond donors (Lipinski definition) is 1. The van der Waals surface area contributed by atoms with Gasteiger partial charge in [0.2, 0.25) is 0 Å². The van der Waals surface area contributed by atoms with E-state index in [4.69, 9.17) is 11.6 Å². The molecule has 0 aliphatic carbocycles. The van der Waals surface area contributed by atoms with Crippen LogP contribution in [0.4, 0.5) is 4.39 Å². The first-order valence-electron chi connectivity index (χ1n) is 6.12. The standard InChI is InChI=1S/C15H15ClFNS/c1-2-18-10-11-4-3-5-14(16)15(11)19-13-8-6-12(17)7-9-13/h3-9,18H,2,10H2,1H3. The number of rotatable bonds is 5. The predicted molar refractivity (Wildman–Crippen MR) is 79.4 cm³/mol. The average Bonchev–Trinajstić information content (AvgIpc) is 2.42. The molecule has 0 atom stereocenters. The summed E-state index contributed by atoms with van der Waals surface area (Å²) >= 11 is 7.83. The Hall–Kier alpha value is -1.03. The van der Waals surface area contributed by atoms with Crippen molar-refractivity contribution in [3.05, 3.63) is 58.9 Å². The Bertz CT molecular complexity index is 542. The van der Waals surface area contributed by atoms with Crippen LogP contribution in [-0.4, -0.2) is 6.54 Å². The zero-order valence-corrected chi connectivity index (χ0v) is 12.2. The van der Waals surface area contributed by atoms with Gasteiger partial charge in [0.05, 0.1) is 5.02 Å². The zero-order chi connectivity index (χ0) is 13.7. The smallest absolute Gasteiger partial charge is 0.123 e. The molecule has 2 aromatic rings. The first-order chi connectivity index (χ1) is 9.20. The van der Waals surface area contributed by atoms with Crippen molar-refractivity contribution in [2.24, 2.45) is 0 Å². The molecule has 4 heteroatoms. The predicted octanol–water partition coefficient (Wildman–Crippen LogP) is 4.74. The summed E-state index contributed by atoms with van der Waals surface area (Å²) in [4.78, 5) is 2.00. The minimum absolute atomic E-state index is 0.226. The first-order valence-corrected chi connectivity index (χ1v) is 7.31. The van der Waals surface area contributed by atoms with Gasteiger partial charge >= 0.3 is 0 Å². The number of hydrogen-bond acceptors (Lipinski definition) is 2.